The van der Waals surface area contributed by atoms with Crippen LogP contribution in [0.3, 0.4) is 0 Å². The number of fused-ring (bicyclic) bond motifs is 1. The van der Waals surface area contributed by atoms with Crippen LogP contribution in [0.15, 0.2) is 24.7 Å². The molecule has 1 fully saturated rings. The van der Waals surface area contributed by atoms with Crippen molar-refractivity contribution in [3.63, 3.8) is 0 Å². The van der Waals surface area contributed by atoms with Crippen molar-refractivity contribution in [2.45, 2.75) is 51.7 Å². The van der Waals surface area contributed by atoms with Crippen LogP contribution in [0.5, 0.6) is 0 Å². The van der Waals surface area contributed by atoms with Gasteiger partial charge in [-0.3, -0.25) is 4.90 Å². The molecule has 0 N–H and O–H groups in total. The number of hydrogen-bond acceptors (Lipinski definition) is 4. The number of amides is 1. The molecule has 0 bridgehead atoms. The topological polar surface area (TPSA) is 59.7 Å². The first-order valence-corrected chi connectivity index (χ1v) is 7.73. The second kappa shape index (κ2) is 5.59. The van der Waals surface area contributed by atoms with E-state index < -0.39 is 5.60 Å². The Balaban J connectivity index is 1.91. The van der Waals surface area contributed by atoms with Crippen LogP contribution in [0.1, 0.15) is 51.8 Å². The van der Waals surface area contributed by atoms with Crippen LogP contribution < -0.4 is 0 Å². The number of rotatable bonds is 1. The van der Waals surface area contributed by atoms with E-state index in [1.54, 1.807) is 6.20 Å². The van der Waals surface area contributed by atoms with Gasteiger partial charge in [0.25, 0.3) is 0 Å². The summed E-state index contributed by atoms with van der Waals surface area (Å²) >= 11 is 0. The highest BCUT2D eigenvalue weighted by Gasteiger charge is 2.32. The molecular formula is C16H22N4O2. The van der Waals surface area contributed by atoms with Gasteiger partial charge in [0.15, 0.2) is 0 Å². The Labute approximate surface area is 130 Å². The summed E-state index contributed by atoms with van der Waals surface area (Å²) in [6.45, 7) is 6.40. The lowest BCUT2D eigenvalue weighted by molar-refractivity contribution is 0.00882. The minimum absolute atomic E-state index is 0.000926. The van der Waals surface area contributed by atoms with Gasteiger partial charge in [-0.2, -0.15) is 5.10 Å². The van der Waals surface area contributed by atoms with Gasteiger partial charge in [-0.1, -0.05) is 0 Å². The van der Waals surface area contributed by atoms with Crippen molar-refractivity contribution in [1.82, 2.24) is 19.5 Å². The van der Waals surface area contributed by atoms with Crippen molar-refractivity contribution in [3.8, 4) is 0 Å². The Morgan fingerprint density at radius 1 is 1.32 bits per heavy atom. The second-order valence-electron chi connectivity index (χ2n) is 6.69. The Kier molecular flexibility index (Phi) is 3.76. The van der Waals surface area contributed by atoms with E-state index in [1.165, 1.54) is 6.33 Å². The van der Waals surface area contributed by atoms with Crippen LogP contribution in [0.25, 0.3) is 5.52 Å². The van der Waals surface area contributed by atoms with E-state index >= 15 is 0 Å². The van der Waals surface area contributed by atoms with E-state index in [-0.39, 0.29) is 12.1 Å². The number of aromatic nitrogens is 3. The summed E-state index contributed by atoms with van der Waals surface area (Å²) in [5, 5.41) is 4.31. The SMILES string of the molecule is CC(C)(C)OC(=O)N1CCCCC1c1ccc2cncnn12. The van der Waals surface area contributed by atoms with E-state index in [1.807, 2.05) is 42.3 Å². The summed E-state index contributed by atoms with van der Waals surface area (Å²) in [6, 6.07) is 4.01. The monoisotopic (exact) mass is 302 g/mol. The van der Waals surface area contributed by atoms with E-state index in [0.717, 1.165) is 37.0 Å². The van der Waals surface area contributed by atoms with Crippen molar-refractivity contribution in [3.05, 3.63) is 30.4 Å². The fraction of sp³-hybridized carbons (Fsp3) is 0.562. The quantitative estimate of drug-likeness (QED) is 0.811. The zero-order valence-corrected chi connectivity index (χ0v) is 13.3. The second-order valence-corrected chi connectivity index (χ2v) is 6.69. The molecule has 0 spiro atoms. The highest BCUT2D eigenvalue weighted by Crippen LogP contribution is 2.32. The number of carbonyl (C=O) groups is 1. The summed E-state index contributed by atoms with van der Waals surface area (Å²) < 4.78 is 7.42. The van der Waals surface area contributed by atoms with Gasteiger partial charge < -0.3 is 4.74 Å². The highest BCUT2D eigenvalue weighted by molar-refractivity contribution is 5.69. The molecule has 0 aliphatic carbocycles. The van der Waals surface area contributed by atoms with Gasteiger partial charge in [0, 0.05) is 6.54 Å². The minimum atomic E-state index is -0.484. The standard InChI is InChI=1S/C16H22N4O2/c1-16(2,3)22-15(21)19-9-5-4-6-13(19)14-8-7-12-10-17-11-18-20(12)14/h7-8,10-11,13H,4-6,9H2,1-3H3. The Morgan fingerprint density at radius 2 is 2.14 bits per heavy atom. The van der Waals surface area contributed by atoms with E-state index in [4.69, 9.17) is 4.74 Å². The average Bonchev–Trinajstić information content (AvgIpc) is 2.89. The Morgan fingerprint density at radius 3 is 2.91 bits per heavy atom. The Bertz CT molecular complexity index is 674. The summed E-state index contributed by atoms with van der Waals surface area (Å²) in [6.07, 6.45) is 6.08. The zero-order valence-electron chi connectivity index (χ0n) is 13.3. The lowest BCUT2D eigenvalue weighted by Crippen LogP contribution is -2.42. The van der Waals surface area contributed by atoms with Crippen molar-refractivity contribution in [1.29, 1.82) is 0 Å². The average molecular weight is 302 g/mol. The van der Waals surface area contributed by atoms with Crippen molar-refractivity contribution in [2.75, 3.05) is 6.54 Å². The fourth-order valence-electron chi connectivity index (χ4n) is 2.91. The third-order valence-electron chi connectivity index (χ3n) is 3.83. The first kappa shape index (κ1) is 14.8. The maximum absolute atomic E-state index is 12.5. The lowest BCUT2D eigenvalue weighted by Gasteiger charge is -2.36. The van der Waals surface area contributed by atoms with Gasteiger partial charge in [0.2, 0.25) is 0 Å². The van der Waals surface area contributed by atoms with Gasteiger partial charge in [0.1, 0.15) is 11.9 Å². The number of nitrogens with zero attached hydrogens (tertiary/aromatic N) is 4. The van der Waals surface area contributed by atoms with Gasteiger partial charge in [-0.15, -0.1) is 0 Å². The molecule has 22 heavy (non-hydrogen) atoms. The van der Waals surface area contributed by atoms with Gasteiger partial charge in [-0.25, -0.2) is 14.3 Å². The van der Waals surface area contributed by atoms with E-state index in [0.29, 0.717) is 0 Å². The first-order valence-electron chi connectivity index (χ1n) is 7.73. The molecule has 1 aliphatic rings. The third-order valence-corrected chi connectivity index (χ3v) is 3.83. The molecule has 6 nitrogen and oxygen atoms in total. The fourth-order valence-corrected chi connectivity index (χ4v) is 2.91. The number of likely N-dealkylation sites (tertiary alicyclic amines) is 1. The molecule has 118 valence electrons. The van der Waals surface area contributed by atoms with Crippen molar-refractivity contribution in [2.24, 2.45) is 0 Å². The molecular weight excluding hydrogens is 280 g/mol. The number of hydrogen-bond donors (Lipinski definition) is 0. The molecule has 3 heterocycles. The smallest absolute Gasteiger partial charge is 0.410 e. The maximum atomic E-state index is 12.5. The summed E-state index contributed by atoms with van der Waals surface area (Å²) in [5.41, 5.74) is 1.47. The highest BCUT2D eigenvalue weighted by atomic mass is 16.6. The molecule has 1 aliphatic heterocycles. The maximum Gasteiger partial charge on any atom is 0.410 e. The molecule has 3 rings (SSSR count). The van der Waals surface area contributed by atoms with Crippen molar-refractivity contribution < 1.29 is 9.53 Å². The molecule has 1 amide bonds. The number of ether oxygens (including phenoxy) is 1. The lowest BCUT2D eigenvalue weighted by atomic mass is 10.00. The molecule has 0 aromatic carbocycles. The number of piperidine rings is 1. The third kappa shape index (κ3) is 2.91. The van der Waals surface area contributed by atoms with Gasteiger partial charge in [-0.05, 0) is 52.2 Å². The van der Waals surface area contributed by atoms with Gasteiger partial charge >= 0.3 is 6.09 Å². The van der Waals surface area contributed by atoms with Gasteiger partial charge in [0.05, 0.1) is 23.4 Å². The Hall–Kier alpha value is -2.11. The minimum Gasteiger partial charge on any atom is -0.444 e. The summed E-state index contributed by atoms with van der Waals surface area (Å²) in [4.78, 5) is 18.4. The van der Waals surface area contributed by atoms with E-state index in [2.05, 4.69) is 10.1 Å². The van der Waals surface area contributed by atoms with Crippen LogP contribution in [0.4, 0.5) is 4.79 Å². The van der Waals surface area contributed by atoms with E-state index in [9.17, 15) is 4.79 Å². The largest absolute Gasteiger partial charge is 0.444 e. The normalized spacial score (nSPS) is 19.4. The molecule has 2 aromatic heterocycles. The molecule has 2 aromatic rings. The predicted octanol–water partition coefficient (Wildman–Crippen LogP) is 3.19. The summed E-state index contributed by atoms with van der Waals surface area (Å²) in [5.74, 6) is 0. The van der Waals surface area contributed by atoms with Crippen LogP contribution in [0.2, 0.25) is 0 Å². The number of carbonyl (C=O) groups excluding carboxylic acids is 1. The zero-order chi connectivity index (χ0) is 15.7. The van der Waals surface area contributed by atoms with Crippen LogP contribution >= 0.6 is 0 Å². The molecule has 1 atom stereocenters. The van der Waals surface area contributed by atoms with Crippen LogP contribution in [0, 0.1) is 0 Å². The molecule has 6 heteroatoms. The molecule has 1 saturated heterocycles. The molecule has 1 unspecified atom stereocenters. The summed E-state index contributed by atoms with van der Waals surface area (Å²) in [7, 11) is 0. The first-order chi connectivity index (χ1) is 10.5. The van der Waals surface area contributed by atoms with Crippen molar-refractivity contribution >= 4 is 11.6 Å². The molecule has 0 saturated carbocycles. The van der Waals surface area contributed by atoms with Crippen LogP contribution in [-0.2, 0) is 4.74 Å². The van der Waals surface area contributed by atoms with Crippen LogP contribution in [-0.4, -0.2) is 37.7 Å². The molecule has 0 radical (unpaired) electrons. The predicted molar refractivity (Wildman–Crippen MR) is 82.5 cm³/mol.